The number of ether oxygens (including phenoxy) is 1. The van der Waals surface area contributed by atoms with Gasteiger partial charge in [0.25, 0.3) is 0 Å². The van der Waals surface area contributed by atoms with E-state index in [4.69, 9.17) is 4.74 Å². The molecular formula is C21H36N4O3S. The maximum Gasteiger partial charge on any atom is 0.240 e. The lowest BCUT2D eigenvalue weighted by atomic mass is 9.78. The summed E-state index contributed by atoms with van der Waals surface area (Å²) < 4.78 is 33.3. The molecule has 1 fully saturated rings. The van der Waals surface area contributed by atoms with E-state index in [2.05, 4.69) is 41.1 Å². The van der Waals surface area contributed by atoms with Crippen LogP contribution in [0.25, 0.3) is 0 Å². The number of sulfonamides is 1. The van der Waals surface area contributed by atoms with Crippen LogP contribution in [0.1, 0.15) is 39.2 Å². The third-order valence-electron chi connectivity index (χ3n) is 5.09. The van der Waals surface area contributed by atoms with E-state index in [1.165, 1.54) is 0 Å². The van der Waals surface area contributed by atoms with Gasteiger partial charge in [0, 0.05) is 39.2 Å². The number of hydrogen-bond donors (Lipinski definition) is 3. The van der Waals surface area contributed by atoms with E-state index >= 15 is 0 Å². The maximum atomic E-state index is 12.3. The molecule has 8 heteroatoms. The van der Waals surface area contributed by atoms with Gasteiger partial charge in [-0.25, -0.2) is 13.1 Å². The second kappa shape index (κ2) is 10.4. The summed E-state index contributed by atoms with van der Waals surface area (Å²) in [6, 6.07) is 6.81. The van der Waals surface area contributed by atoms with Gasteiger partial charge in [0.15, 0.2) is 5.96 Å². The number of nitrogens with one attached hydrogen (secondary N) is 3. The molecule has 2 atom stereocenters. The molecule has 0 saturated carbocycles. The predicted molar refractivity (Wildman–Crippen MR) is 118 cm³/mol. The fraction of sp³-hybridized carbons (Fsp3) is 0.667. The van der Waals surface area contributed by atoms with Gasteiger partial charge >= 0.3 is 0 Å². The first-order valence-corrected chi connectivity index (χ1v) is 11.7. The fourth-order valence-corrected chi connectivity index (χ4v) is 4.66. The van der Waals surface area contributed by atoms with Crippen LogP contribution >= 0.6 is 0 Å². The highest BCUT2D eigenvalue weighted by atomic mass is 32.2. The molecule has 7 nitrogen and oxygen atoms in total. The van der Waals surface area contributed by atoms with Gasteiger partial charge in [0.2, 0.25) is 10.0 Å². The molecule has 2 rings (SSSR count). The van der Waals surface area contributed by atoms with Crippen molar-refractivity contribution in [1.82, 2.24) is 15.4 Å². The van der Waals surface area contributed by atoms with Crippen LogP contribution in [0.2, 0.25) is 0 Å². The number of aliphatic imine (C=N–C) groups is 1. The zero-order valence-electron chi connectivity index (χ0n) is 18.3. The SMILES string of the molecule is CN=C(NCCNS(=O)(=O)c1ccc(C)cc1)NCC1CCCOC1C(C)(C)C. The molecule has 164 valence electrons. The highest BCUT2D eigenvalue weighted by Crippen LogP contribution is 2.33. The normalized spacial score (nSPS) is 21.1. The largest absolute Gasteiger partial charge is 0.377 e. The average Bonchev–Trinajstić information content (AvgIpc) is 2.67. The van der Waals surface area contributed by atoms with Crippen molar-refractivity contribution in [3.63, 3.8) is 0 Å². The van der Waals surface area contributed by atoms with Crippen molar-refractivity contribution in [2.24, 2.45) is 16.3 Å². The van der Waals surface area contributed by atoms with Crippen LogP contribution in [0.4, 0.5) is 0 Å². The Bertz CT molecular complexity index is 770. The fourth-order valence-electron chi connectivity index (χ4n) is 3.62. The van der Waals surface area contributed by atoms with Crippen LogP contribution in [0.15, 0.2) is 34.2 Å². The lowest BCUT2D eigenvalue weighted by Crippen LogP contribution is -2.48. The molecule has 0 spiro atoms. The molecule has 2 unspecified atom stereocenters. The maximum absolute atomic E-state index is 12.3. The van der Waals surface area contributed by atoms with Crippen molar-refractivity contribution in [3.8, 4) is 0 Å². The smallest absolute Gasteiger partial charge is 0.240 e. The zero-order valence-corrected chi connectivity index (χ0v) is 19.1. The van der Waals surface area contributed by atoms with Gasteiger partial charge in [0.1, 0.15) is 0 Å². The summed E-state index contributed by atoms with van der Waals surface area (Å²) >= 11 is 0. The van der Waals surface area contributed by atoms with E-state index in [-0.39, 0.29) is 23.0 Å². The molecular weight excluding hydrogens is 388 g/mol. The van der Waals surface area contributed by atoms with E-state index < -0.39 is 10.0 Å². The first kappa shape index (κ1) is 23.6. The lowest BCUT2D eigenvalue weighted by molar-refractivity contribution is -0.0835. The molecule has 1 aromatic rings. The first-order chi connectivity index (χ1) is 13.6. The van der Waals surface area contributed by atoms with Gasteiger partial charge < -0.3 is 15.4 Å². The lowest BCUT2D eigenvalue weighted by Gasteiger charge is -2.40. The Labute approximate surface area is 175 Å². The zero-order chi connectivity index (χ0) is 21.5. The standard InChI is InChI=1S/C21H36N4O3S/c1-16-8-10-18(11-9-16)29(26,27)25-13-12-23-20(22-5)24-15-17-7-6-14-28-19(17)21(2,3)4/h8-11,17,19,25H,6-7,12-15H2,1-5H3,(H2,22,23,24). The summed E-state index contributed by atoms with van der Waals surface area (Å²) in [4.78, 5) is 4.51. The van der Waals surface area contributed by atoms with Crippen LogP contribution in [-0.4, -0.2) is 53.8 Å². The van der Waals surface area contributed by atoms with Gasteiger partial charge in [0.05, 0.1) is 11.0 Å². The Balaban J connectivity index is 1.78. The van der Waals surface area contributed by atoms with Crippen LogP contribution < -0.4 is 15.4 Å². The molecule has 0 bridgehead atoms. The molecule has 0 amide bonds. The molecule has 0 aromatic heterocycles. The molecule has 0 aliphatic carbocycles. The van der Waals surface area contributed by atoms with Crippen molar-refractivity contribution in [2.75, 3.05) is 33.3 Å². The third kappa shape index (κ3) is 7.28. The van der Waals surface area contributed by atoms with Gasteiger partial charge in [-0.15, -0.1) is 0 Å². The second-order valence-electron chi connectivity index (χ2n) is 8.65. The summed E-state index contributed by atoms with van der Waals surface area (Å²) in [7, 11) is -1.79. The molecule has 1 aromatic carbocycles. The van der Waals surface area contributed by atoms with E-state index in [9.17, 15) is 8.42 Å². The minimum atomic E-state index is -3.50. The van der Waals surface area contributed by atoms with Crippen molar-refractivity contribution in [1.29, 1.82) is 0 Å². The first-order valence-electron chi connectivity index (χ1n) is 10.3. The van der Waals surface area contributed by atoms with Crippen LogP contribution in [0.3, 0.4) is 0 Å². The Hall–Kier alpha value is -1.64. The van der Waals surface area contributed by atoms with Crippen LogP contribution in [-0.2, 0) is 14.8 Å². The van der Waals surface area contributed by atoms with Gasteiger partial charge in [-0.2, -0.15) is 0 Å². The van der Waals surface area contributed by atoms with Crippen molar-refractivity contribution in [3.05, 3.63) is 29.8 Å². The van der Waals surface area contributed by atoms with Gasteiger partial charge in [-0.3, -0.25) is 4.99 Å². The highest BCUT2D eigenvalue weighted by Gasteiger charge is 2.35. The Morgan fingerprint density at radius 2 is 1.86 bits per heavy atom. The monoisotopic (exact) mass is 424 g/mol. The number of aryl methyl sites for hydroxylation is 1. The van der Waals surface area contributed by atoms with E-state index in [1.54, 1.807) is 31.3 Å². The van der Waals surface area contributed by atoms with Crippen LogP contribution in [0.5, 0.6) is 0 Å². The third-order valence-corrected chi connectivity index (χ3v) is 6.57. The number of guanidine groups is 1. The number of benzene rings is 1. The molecule has 1 saturated heterocycles. The molecule has 1 aliphatic rings. The average molecular weight is 425 g/mol. The van der Waals surface area contributed by atoms with Gasteiger partial charge in [-0.05, 0) is 37.3 Å². The Morgan fingerprint density at radius 1 is 1.17 bits per heavy atom. The summed E-state index contributed by atoms with van der Waals surface area (Å²) in [5.41, 5.74) is 1.12. The Morgan fingerprint density at radius 3 is 2.48 bits per heavy atom. The van der Waals surface area contributed by atoms with E-state index in [1.807, 2.05) is 6.92 Å². The van der Waals surface area contributed by atoms with Crippen molar-refractivity contribution >= 4 is 16.0 Å². The minimum absolute atomic E-state index is 0.0952. The van der Waals surface area contributed by atoms with Crippen LogP contribution in [0, 0.1) is 18.3 Å². The highest BCUT2D eigenvalue weighted by molar-refractivity contribution is 7.89. The second-order valence-corrected chi connectivity index (χ2v) is 10.4. The topological polar surface area (TPSA) is 91.8 Å². The molecule has 29 heavy (non-hydrogen) atoms. The molecule has 3 N–H and O–H groups in total. The minimum Gasteiger partial charge on any atom is -0.377 e. The van der Waals surface area contributed by atoms with Gasteiger partial charge in [-0.1, -0.05) is 38.5 Å². The van der Waals surface area contributed by atoms with E-state index in [0.29, 0.717) is 18.4 Å². The summed E-state index contributed by atoms with van der Waals surface area (Å²) in [5, 5.41) is 6.53. The van der Waals surface area contributed by atoms with E-state index in [0.717, 1.165) is 31.6 Å². The number of nitrogens with zero attached hydrogens (tertiary/aromatic N) is 1. The quantitative estimate of drug-likeness (QED) is 0.355. The van der Waals surface area contributed by atoms with Crippen molar-refractivity contribution < 1.29 is 13.2 Å². The Kier molecular flexibility index (Phi) is 8.48. The number of rotatable bonds is 7. The molecule has 0 radical (unpaired) electrons. The predicted octanol–water partition coefficient (Wildman–Crippen LogP) is 2.28. The summed E-state index contributed by atoms with van der Waals surface area (Å²) in [6.07, 6.45) is 2.41. The molecule has 1 aliphatic heterocycles. The number of hydrogen-bond acceptors (Lipinski definition) is 4. The van der Waals surface area contributed by atoms with Crippen molar-refractivity contribution in [2.45, 2.75) is 51.5 Å². The summed E-state index contributed by atoms with van der Waals surface area (Å²) in [6.45, 7) is 10.9. The molecule has 1 heterocycles. The summed E-state index contributed by atoms with van der Waals surface area (Å²) in [5.74, 6) is 1.08.